The number of carbonyl (C=O) groups is 2. The number of thioether (sulfide) groups is 1. The van der Waals surface area contributed by atoms with Crippen LogP contribution in [0.2, 0.25) is 0 Å². The number of carbonyl (C=O) groups excluding carboxylic acids is 2. The maximum absolute atomic E-state index is 13.7. The Labute approximate surface area is 225 Å². The predicted octanol–water partition coefficient (Wildman–Crippen LogP) is 5.79. The van der Waals surface area contributed by atoms with Crippen molar-refractivity contribution in [3.05, 3.63) is 101 Å². The number of methoxy groups -OCH3 is 1. The minimum absolute atomic E-state index is 0.0236. The molecule has 196 valence electrons. The fourth-order valence-electron chi connectivity index (χ4n) is 3.99. The Hall–Kier alpha value is -3.25. The van der Waals surface area contributed by atoms with Gasteiger partial charge in [-0.1, -0.05) is 79.2 Å². The van der Waals surface area contributed by atoms with E-state index in [1.165, 1.54) is 11.1 Å². The molecule has 0 aliphatic rings. The van der Waals surface area contributed by atoms with E-state index in [1.807, 2.05) is 68.4 Å². The first kappa shape index (κ1) is 28.3. The third-order valence-electron chi connectivity index (χ3n) is 6.37. The summed E-state index contributed by atoms with van der Waals surface area (Å²) in [5.74, 6) is 1.57. The van der Waals surface area contributed by atoms with Gasteiger partial charge >= 0.3 is 0 Å². The molecule has 0 saturated carbocycles. The molecular formula is C31H38N2O3S. The largest absolute Gasteiger partial charge is 0.497 e. The molecule has 3 aromatic rings. The quantitative estimate of drug-likeness (QED) is 0.311. The van der Waals surface area contributed by atoms with Gasteiger partial charge in [-0.2, -0.15) is 0 Å². The Morgan fingerprint density at radius 2 is 1.65 bits per heavy atom. The molecule has 3 rings (SSSR count). The van der Waals surface area contributed by atoms with Gasteiger partial charge in [-0.15, -0.1) is 11.8 Å². The zero-order chi connectivity index (χ0) is 26.6. The summed E-state index contributed by atoms with van der Waals surface area (Å²) in [6.45, 7) is 6.42. The summed E-state index contributed by atoms with van der Waals surface area (Å²) in [6, 6.07) is 25.3. The van der Waals surface area contributed by atoms with Crippen LogP contribution in [-0.4, -0.2) is 41.7 Å². The molecule has 0 saturated heterocycles. The fourth-order valence-corrected chi connectivity index (χ4v) is 4.86. The number of amides is 2. The van der Waals surface area contributed by atoms with E-state index >= 15 is 0 Å². The topological polar surface area (TPSA) is 58.6 Å². The molecule has 37 heavy (non-hydrogen) atoms. The molecular weight excluding hydrogens is 480 g/mol. The van der Waals surface area contributed by atoms with Crippen LogP contribution in [0.15, 0.2) is 78.9 Å². The number of rotatable bonds is 13. The van der Waals surface area contributed by atoms with E-state index in [1.54, 1.807) is 23.8 Å². The van der Waals surface area contributed by atoms with Crippen LogP contribution in [0.3, 0.4) is 0 Å². The lowest BCUT2D eigenvalue weighted by atomic mass is 10.0. The SMILES string of the molecule is CC[C@@H](C)NC(=O)[C@H](Cc1ccccc1)N(Cc1cccc(OC)c1)C(=O)CSCc1ccc(C)cc1. The van der Waals surface area contributed by atoms with Crippen LogP contribution in [0.1, 0.15) is 42.5 Å². The highest BCUT2D eigenvalue weighted by molar-refractivity contribution is 7.99. The van der Waals surface area contributed by atoms with E-state index < -0.39 is 6.04 Å². The first-order chi connectivity index (χ1) is 17.9. The second-order valence-electron chi connectivity index (χ2n) is 9.37. The number of nitrogens with one attached hydrogen (secondary N) is 1. The van der Waals surface area contributed by atoms with Crippen molar-refractivity contribution in [3.8, 4) is 5.75 Å². The summed E-state index contributed by atoms with van der Waals surface area (Å²) in [5.41, 5.74) is 4.33. The van der Waals surface area contributed by atoms with Crippen molar-refractivity contribution < 1.29 is 14.3 Å². The van der Waals surface area contributed by atoms with Crippen molar-refractivity contribution in [3.63, 3.8) is 0 Å². The summed E-state index contributed by atoms with van der Waals surface area (Å²) in [4.78, 5) is 29.0. The molecule has 2 atom stereocenters. The molecule has 6 heteroatoms. The standard InChI is InChI=1S/C31H38N2O3S/c1-5-24(3)32-31(35)29(19-25-10-7-6-8-11-25)33(20-27-12-9-13-28(18-27)36-4)30(34)22-37-21-26-16-14-23(2)15-17-26/h6-18,24,29H,5,19-22H2,1-4H3,(H,32,35)/t24-,29+/m1/s1. The molecule has 3 aromatic carbocycles. The Morgan fingerprint density at radius 3 is 2.32 bits per heavy atom. The molecule has 2 amide bonds. The molecule has 0 spiro atoms. The second kappa shape index (κ2) is 14.5. The number of nitrogens with zero attached hydrogens (tertiary/aromatic N) is 1. The Bertz CT molecular complexity index is 1130. The summed E-state index contributed by atoms with van der Waals surface area (Å²) < 4.78 is 5.40. The van der Waals surface area contributed by atoms with E-state index in [9.17, 15) is 9.59 Å². The summed E-state index contributed by atoms with van der Waals surface area (Å²) in [6.07, 6.45) is 1.27. The summed E-state index contributed by atoms with van der Waals surface area (Å²) >= 11 is 1.57. The zero-order valence-electron chi connectivity index (χ0n) is 22.3. The number of ether oxygens (including phenoxy) is 1. The summed E-state index contributed by atoms with van der Waals surface area (Å²) in [7, 11) is 1.63. The van der Waals surface area contributed by atoms with Crippen LogP contribution >= 0.6 is 11.8 Å². The molecule has 0 fully saturated rings. The van der Waals surface area contributed by atoms with Gasteiger partial charge in [-0.05, 0) is 49.1 Å². The van der Waals surface area contributed by atoms with Gasteiger partial charge < -0.3 is 15.0 Å². The second-order valence-corrected chi connectivity index (χ2v) is 10.4. The number of hydrogen-bond acceptors (Lipinski definition) is 4. The minimum Gasteiger partial charge on any atom is -0.497 e. The first-order valence-corrected chi connectivity index (χ1v) is 13.9. The van der Waals surface area contributed by atoms with Crippen molar-refractivity contribution in [2.75, 3.05) is 12.9 Å². The van der Waals surface area contributed by atoms with Crippen LogP contribution in [0.5, 0.6) is 5.75 Å². The first-order valence-electron chi connectivity index (χ1n) is 12.8. The molecule has 0 aliphatic carbocycles. The number of hydrogen-bond donors (Lipinski definition) is 1. The van der Waals surface area contributed by atoms with Crippen LogP contribution in [0.4, 0.5) is 0 Å². The Morgan fingerprint density at radius 1 is 0.946 bits per heavy atom. The van der Waals surface area contributed by atoms with E-state index in [2.05, 4.69) is 36.5 Å². The maximum Gasteiger partial charge on any atom is 0.243 e. The fraction of sp³-hybridized carbons (Fsp3) is 0.355. The van der Waals surface area contributed by atoms with Gasteiger partial charge in [0.15, 0.2) is 0 Å². The van der Waals surface area contributed by atoms with Gasteiger partial charge in [0.1, 0.15) is 11.8 Å². The average Bonchev–Trinajstić information content (AvgIpc) is 2.92. The van der Waals surface area contributed by atoms with E-state index in [0.717, 1.165) is 29.1 Å². The van der Waals surface area contributed by atoms with Gasteiger partial charge in [0, 0.05) is 24.8 Å². The number of aryl methyl sites for hydroxylation is 1. The molecule has 0 bridgehead atoms. The molecule has 0 aromatic heterocycles. The van der Waals surface area contributed by atoms with Gasteiger partial charge in [-0.3, -0.25) is 9.59 Å². The van der Waals surface area contributed by atoms with Crippen LogP contribution in [-0.2, 0) is 28.3 Å². The smallest absolute Gasteiger partial charge is 0.243 e. The lowest BCUT2D eigenvalue weighted by molar-refractivity contribution is -0.139. The highest BCUT2D eigenvalue weighted by Gasteiger charge is 2.31. The van der Waals surface area contributed by atoms with Gasteiger partial charge in [0.25, 0.3) is 0 Å². The van der Waals surface area contributed by atoms with E-state index in [0.29, 0.717) is 18.7 Å². The molecule has 1 N–H and O–H groups in total. The molecule has 0 aliphatic heterocycles. The lowest BCUT2D eigenvalue weighted by Gasteiger charge is -2.32. The zero-order valence-corrected chi connectivity index (χ0v) is 23.1. The van der Waals surface area contributed by atoms with Crippen molar-refractivity contribution in [2.45, 2.75) is 58.0 Å². The molecule has 5 nitrogen and oxygen atoms in total. The minimum atomic E-state index is -0.630. The average molecular weight is 519 g/mol. The van der Waals surface area contributed by atoms with Gasteiger partial charge in [0.05, 0.1) is 12.9 Å². The summed E-state index contributed by atoms with van der Waals surface area (Å²) in [5, 5.41) is 3.12. The lowest BCUT2D eigenvalue weighted by Crippen LogP contribution is -2.52. The van der Waals surface area contributed by atoms with E-state index in [4.69, 9.17) is 4.74 Å². The van der Waals surface area contributed by atoms with Crippen molar-refractivity contribution in [1.29, 1.82) is 0 Å². The van der Waals surface area contributed by atoms with Crippen LogP contribution < -0.4 is 10.1 Å². The predicted molar refractivity (Wildman–Crippen MR) is 153 cm³/mol. The molecule has 0 radical (unpaired) electrons. The normalized spacial score (nSPS) is 12.4. The Kier molecular flexibility index (Phi) is 11.1. The van der Waals surface area contributed by atoms with Crippen molar-refractivity contribution in [1.82, 2.24) is 10.2 Å². The monoisotopic (exact) mass is 518 g/mol. The van der Waals surface area contributed by atoms with Crippen molar-refractivity contribution >= 4 is 23.6 Å². The van der Waals surface area contributed by atoms with Crippen LogP contribution in [0.25, 0.3) is 0 Å². The maximum atomic E-state index is 13.7. The third-order valence-corrected chi connectivity index (χ3v) is 7.36. The highest BCUT2D eigenvalue weighted by Crippen LogP contribution is 2.21. The third kappa shape index (κ3) is 8.97. The van der Waals surface area contributed by atoms with Gasteiger partial charge in [0.2, 0.25) is 11.8 Å². The highest BCUT2D eigenvalue weighted by atomic mass is 32.2. The Balaban J connectivity index is 1.86. The molecule has 0 heterocycles. The van der Waals surface area contributed by atoms with Gasteiger partial charge in [-0.25, -0.2) is 0 Å². The molecule has 0 unspecified atom stereocenters. The van der Waals surface area contributed by atoms with Crippen LogP contribution in [0, 0.1) is 6.92 Å². The van der Waals surface area contributed by atoms with E-state index in [-0.39, 0.29) is 17.9 Å². The number of benzene rings is 3. The van der Waals surface area contributed by atoms with Crippen molar-refractivity contribution in [2.24, 2.45) is 0 Å².